The summed E-state index contributed by atoms with van der Waals surface area (Å²) in [6.07, 6.45) is 3.26. The van der Waals surface area contributed by atoms with E-state index in [9.17, 15) is 4.79 Å². The average Bonchev–Trinajstić information content (AvgIpc) is 1.97. The molecule has 0 aromatic rings. The van der Waals surface area contributed by atoms with E-state index in [-0.39, 0.29) is 10.8 Å². The number of carbonyl (C=O) groups excluding carboxylic acids is 1. The van der Waals surface area contributed by atoms with Gasteiger partial charge in [0.25, 0.3) is 0 Å². The maximum Gasteiger partial charge on any atom is 0.319 e. The average molecular weight is 223 g/mol. The molecule has 0 saturated heterocycles. The largest absolute Gasteiger partial charge is 0.465 e. The first kappa shape index (κ1) is 11.0. The Morgan fingerprint density at radius 1 is 1.55 bits per heavy atom. The lowest BCUT2D eigenvalue weighted by atomic mass is 10.3. The fourth-order valence-corrected chi connectivity index (χ4v) is 0.772. The Balaban J connectivity index is 3.18. The van der Waals surface area contributed by atoms with Crippen LogP contribution in [0.15, 0.2) is 0 Å². The zero-order valence-electron chi connectivity index (χ0n) is 7.10. The molecule has 0 aromatic carbocycles. The molecule has 0 amide bonds. The van der Waals surface area contributed by atoms with Gasteiger partial charge >= 0.3 is 5.97 Å². The van der Waals surface area contributed by atoms with Crippen molar-refractivity contribution in [2.45, 2.75) is 37.9 Å². The number of rotatable bonds is 5. The normalized spacial score (nSPS) is 12.6. The molecule has 0 unspecified atom stereocenters. The lowest BCUT2D eigenvalue weighted by molar-refractivity contribution is -0.142. The number of halogens is 1. The van der Waals surface area contributed by atoms with Gasteiger partial charge in [-0.05, 0) is 13.3 Å². The van der Waals surface area contributed by atoms with Gasteiger partial charge in [0, 0.05) is 0 Å². The van der Waals surface area contributed by atoms with Gasteiger partial charge in [-0.2, -0.15) is 0 Å². The summed E-state index contributed by atoms with van der Waals surface area (Å²) in [5, 5.41) is 0. The number of ether oxygens (including phenoxy) is 1. The van der Waals surface area contributed by atoms with Crippen molar-refractivity contribution in [3.63, 3.8) is 0 Å². The molecule has 0 bridgehead atoms. The predicted molar refractivity (Wildman–Crippen MR) is 48.9 cm³/mol. The molecule has 0 N–H and O–H groups in total. The van der Waals surface area contributed by atoms with E-state index in [0.29, 0.717) is 6.61 Å². The van der Waals surface area contributed by atoms with Crippen molar-refractivity contribution < 1.29 is 9.53 Å². The van der Waals surface area contributed by atoms with Crippen LogP contribution < -0.4 is 0 Å². The molecular weight excluding hydrogens is 208 g/mol. The summed E-state index contributed by atoms with van der Waals surface area (Å²) in [5.41, 5.74) is 0. The first-order chi connectivity index (χ1) is 5.18. The summed E-state index contributed by atoms with van der Waals surface area (Å²) in [5.74, 6) is -0.166. The molecule has 66 valence electrons. The third kappa shape index (κ3) is 6.35. The molecule has 0 aliphatic carbocycles. The van der Waals surface area contributed by atoms with Crippen LogP contribution in [-0.2, 0) is 9.53 Å². The fraction of sp³-hybridized carbons (Fsp3) is 0.875. The Kier molecular flexibility index (Phi) is 6.62. The number of hydrogen-bond donors (Lipinski definition) is 0. The summed E-state index contributed by atoms with van der Waals surface area (Å²) < 4.78 is 4.92. The molecule has 3 heteroatoms. The smallest absolute Gasteiger partial charge is 0.319 e. The van der Waals surface area contributed by atoms with Crippen molar-refractivity contribution >= 4 is 21.9 Å². The Labute approximate surface area is 76.4 Å². The summed E-state index contributed by atoms with van der Waals surface area (Å²) >= 11 is 3.13. The number of alkyl halides is 1. The first-order valence-corrected chi connectivity index (χ1v) is 4.90. The Hall–Kier alpha value is -0.0500. The van der Waals surface area contributed by atoms with Crippen molar-refractivity contribution in [3.8, 4) is 0 Å². The first-order valence-electron chi connectivity index (χ1n) is 3.99. The van der Waals surface area contributed by atoms with Gasteiger partial charge in [-0.15, -0.1) is 0 Å². The van der Waals surface area contributed by atoms with Crippen LogP contribution in [0.5, 0.6) is 0 Å². The van der Waals surface area contributed by atoms with E-state index in [4.69, 9.17) is 4.74 Å². The minimum Gasteiger partial charge on any atom is -0.465 e. The fourth-order valence-electron chi connectivity index (χ4n) is 0.640. The van der Waals surface area contributed by atoms with Gasteiger partial charge in [0.05, 0.1) is 6.61 Å². The van der Waals surface area contributed by atoms with Crippen LogP contribution >= 0.6 is 15.9 Å². The van der Waals surface area contributed by atoms with Crippen molar-refractivity contribution in [3.05, 3.63) is 0 Å². The second-order valence-electron chi connectivity index (χ2n) is 2.49. The second kappa shape index (κ2) is 6.65. The predicted octanol–water partition coefficient (Wildman–Crippen LogP) is 2.50. The van der Waals surface area contributed by atoms with Crippen molar-refractivity contribution in [2.75, 3.05) is 6.61 Å². The topological polar surface area (TPSA) is 26.3 Å². The summed E-state index contributed by atoms with van der Waals surface area (Å²) in [7, 11) is 0. The number of hydrogen-bond acceptors (Lipinski definition) is 2. The van der Waals surface area contributed by atoms with Crippen molar-refractivity contribution in [1.29, 1.82) is 0 Å². The van der Waals surface area contributed by atoms with E-state index in [2.05, 4.69) is 22.9 Å². The van der Waals surface area contributed by atoms with Gasteiger partial charge in [-0.1, -0.05) is 35.7 Å². The molecule has 0 fully saturated rings. The molecule has 0 heterocycles. The third-order valence-corrected chi connectivity index (χ3v) is 1.69. The van der Waals surface area contributed by atoms with Crippen LogP contribution in [0.25, 0.3) is 0 Å². The van der Waals surface area contributed by atoms with Gasteiger partial charge in [-0.3, -0.25) is 4.79 Å². The maximum atomic E-state index is 10.8. The maximum absolute atomic E-state index is 10.8. The summed E-state index contributed by atoms with van der Waals surface area (Å²) in [6.45, 7) is 4.44. The molecule has 2 nitrogen and oxygen atoms in total. The molecular formula is C8H15BrO2. The SMILES string of the molecule is CCCCCOC(=O)[C@H](C)Br. The Morgan fingerprint density at radius 3 is 2.64 bits per heavy atom. The summed E-state index contributed by atoms with van der Waals surface area (Å²) in [4.78, 5) is 10.7. The third-order valence-electron chi connectivity index (χ3n) is 1.32. The highest BCUT2D eigenvalue weighted by Crippen LogP contribution is 2.01. The minimum absolute atomic E-state index is 0.166. The summed E-state index contributed by atoms with van der Waals surface area (Å²) in [6, 6.07) is 0. The highest BCUT2D eigenvalue weighted by molar-refractivity contribution is 9.10. The van der Waals surface area contributed by atoms with Crippen LogP contribution in [-0.4, -0.2) is 17.4 Å². The van der Waals surface area contributed by atoms with E-state index in [0.717, 1.165) is 19.3 Å². The van der Waals surface area contributed by atoms with Gasteiger partial charge < -0.3 is 4.74 Å². The second-order valence-corrected chi connectivity index (χ2v) is 3.86. The van der Waals surface area contributed by atoms with Crippen LogP contribution in [0.3, 0.4) is 0 Å². The quantitative estimate of drug-likeness (QED) is 0.406. The zero-order valence-corrected chi connectivity index (χ0v) is 8.69. The molecule has 0 aliphatic rings. The van der Waals surface area contributed by atoms with Crippen LogP contribution in [0.2, 0.25) is 0 Å². The van der Waals surface area contributed by atoms with Crippen molar-refractivity contribution in [2.24, 2.45) is 0 Å². The van der Waals surface area contributed by atoms with Crippen LogP contribution in [0, 0.1) is 0 Å². The van der Waals surface area contributed by atoms with Gasteiger partial charge in [-0.25, -0.2) is 0 Å². The number of carbonyl (C=O) groups is 1. The minimum atomic E-state index is -0.177. The molecule has 0 rings (SSSR count). The Bertz CT molecular complexity index is 113. The van der Waals surface area contributed by atoms with E-state index in [1.807, 2.05) is 0 Å². The number of esters is 1. The van der Waals surface area contributed by atoms with Crippen molar-refractivity contribution in [1.82, 2.24) is 0 Å². The highest BCUT2D eigenvalue weighted by Gasteiger charge is 2.08. The van der Waals surface area contributed by atoms with Gasteiger partial charge in [0.15, 0.2) is 0 Å². The van der Waals surface area contributed by atoms with Crippen LogP contribution in [0.1, 0.15) is 33.1 Å². The molecule has 0 saturated carbocycles. The molecule has 0 aliphatic heterocycles. The van der Waals surface area contributed by atoms with E-state index in [1.54, 1.807) is 6.92 Å². The van der Waals surface area contributed by atoms with E-state index >= 15 is 0 Å². The molecule has 0 aromatic heterocycles. The lowest BCUT2D eigenvalue weighted by Gasteiger charge is -2.04. The van der Waals surface area contributed by atoms with E-state index < -0.39 is 0 Å². The highest BCUT2D eigenvalue weighted by atomic mass is 79.9. The van der Waals surface area contributed by atoms with Gasteiger partial charge in [0.1, 0.15) is 4.83 Å². The molecule has 11 heavy (non-hydrogen) atoms. The van der Waals surface area contributed by atoms with Gasteiger partial charge in [0.2, 0.25) is 0 Å². The monoisotopic (exact) mass is 222 g/mol. The van der Waals surface area contributed by atoms with E-state index in [1.165, 1.54) is 0 Å². The van der Waals surface area contributed by atoms with Crippen LogP contribution in [0.4, 0.5) is 0 Å². The molecule has 0 radical (unpaired) electrons. The zero-order chi connectivity index (χ0) is 8.69. The lowest BCUT2D eigenvalue weighted by Crippen LogP contribution is -2.14. The standard InChI is InChI=1S/C8H15BrO2/c1-3-4-5-6-11-8(10)7(2)9/h7H,3-6H2,1-2H3/t7-/m0/s1. The molecule has 1 atom stereocenters. The Morgan fingerprint density at radius 2 is 2.18 bits per heavy atom. The molecule has 0 spiro atoms. The number of unbranched alkanes of at least 4 members (excludes halogenated alkanes) is 2.